The van der Waals surface area contributed by atoms with Crippen molar-refractivity contribution in [2.75, 3.05) is 11.9 Å². The summed E-state index contributed by atoms with van der Waals surface area (Å²) in [5, 5.41) is 14.4. The number of aromatic nitrogens is 1. The minimum absolute atomic E-state index is 0.0594. The smallest absolute Gasteiger partial charge is 0.319 e. The molecule has 0 radical (unpaired) electrons. The van der Waals surface area contributed by atoms with E-state index in [0.29, 0.717) is 6.42 Å². The van der Waals surface area contributed by atoms with Crippen LogP contribution in [0.25, 0.3) is 5.69 Å². The fraction of sp³-hybridized carbons (Fsp3) is 0.235. The van der Waals surface area contributed by atoms with Crippen LogP contribution >= 0.6 is 0 Å². The highest BCUT2D eigenvalue weighted by atomic mass is 19.1. The molecular weight excluding hydrogens is 297 g/mol. The van der Waals surface area contributed by atoms with Gasteiger partial charge in [-0.05, 0) is 36.8 Å². The van der Waals surface area contributed by atoms with Gasteiger partial charge in [0.1, 0.15) is 5.82 Å². The van der Waals surface area contributed by atoms with Gasteiger partial charge < -0.3 is 20.3 Å². The maximum atomic E-state index is 13.9. The van der Waals surface area contributed by atoms with Crippen LogP contribution in [-0.4, -0.2) is 28.4 Å². The molecule has 2 amide bonds. The fourth-order valence-electron chi connectivity index (χ4n) is 2.62. The van der Waals surface area contributed by atoms with Crippen LogP contribution in [0.3, 0.4) is 0 Å². The number of nitrogens with zero attached hydrogens (tertiary/aromatic N) is 1. The Morgan fingerprint density at radius 1 is 1.30 bits per heavy atom. The molecule has 0 aliphatic heterocycles. The lowest BCUT2D eigenvalue weighted by Gasteiger charge is -2.14. The first kappa shape index (κ1) is 15.3. The van der Waals surface area contributed by atoms with Crippen LogP contribution < -0.4 is 10.6 Å². The average molecular weight is 315 g/mol. The minimum Gasteiger partial charge on any atom is -0.396 e. The summed E-state index contributed by atoms with van der Waals surface area (Å²) in [6.45, 7) is 0.0594. The molecule has 1 heterocycles. The highest BCUT2D eigenvalue weighted by Crippen LogP contribution is 2.20. The van der Waals surface area contributed by atoms with E-state index in [4.69, 9.17) is 5.11 Å². The maximum absolute atomic E-state index is 13.9. The largest absolute Gasteiger partial charge is 0.396 e. The van der Waals surface area contributed by atoms with E-state index in [1.807, 2.05) is 41.2 Å². The first-order valence-corrected chi connectivity index (χ1v) is 7.45. The fourth-order valence-corrected chi connectivity index (χ4v) is 2.62. The molecule has 0 fully saturated rings. The van der Waals surface area contributed by atoms with E-state index in [0.717, 1.165) is 5.69 Å². The Bertz CT molecular complexity index is 713. The van der Waals surface area contributed by atoms with E-state index in [-0.39, 0.29) is 24.3 Å². The number of aliphatic hydroxyl groups is 1. The molecule has 5 nitrogen and oxygen atoms in total. The minimum atomic E-state index is -0.494. The Morgan fingerprint density at radius 2 is 2.09 bits per heavy atom. The Kier molecular flexibility index (Phi) is 4.43. The van der Waals surface area contributed by atoms with E-state index >= 15 is 0 Å². The van der Waals surface area contributed by atoms with Crippen LogP contribution in [0.4, 0.5) is 14.9 Å². The molecule has 23 heavy (non-hydrogen) atoms. The summed E-state index contributed by atoms with van der Waals surface area (Å²) in [5.74, 6) is -0.430. The second-order valence-corrected chi connectivity index (χ2v) is 5.52. The summed E-state index contributed by atoms with van der Waals surface area (Å²) >= 11 is 0. The lowest BCUT2D eigenvalue weighted by molar-refractivity contribution is 0.238. The number of anilines is 1. The molecule has 0 saturated heterocycles. The molecule has 1 aliphatic rings. The Balaban J connectivity index is 1.66. The molecule has 1 aromatic heterocycles. The third-order valence-electron chi connectivity index (χ3n) is 3.82. The number of benzene rings is 1. The summed E-state index contributed by atoms with van der Waals surface area (Å²) in [7, 11) is 0. The van der Waals surface area contributed by atoms with Crippen molar-refractivity contribution in [2.45, 2.75) is 12.5 Å². The van der Waals surface area contributed by atoms with Crippen LogP contribution in [0, 0.1) is 11.7 Å². The number of urea groups is 1. The van der Waals surface area contributed by atoms with Gasteiger partial charge in [-0.3, -0.25) is 0 Å². The number of hydrogen-bond acceptors (Lipinski definition) is 2. The Hall–Kier alpha value is -2.60. The number of carbonyl (C=O) groups is 1. The van der Waals surface area contributed by atoms with Crippen LogP contribution in [0.15, 0.2) is 54.9 Å². The number of carbonyl (C=O) groups excluding carboxylic acids is 1. The van der Waals surface area contributed by atoms with Crippen molar-refractivity contribution in [3.63, 3.8) is 0 Å². The van der Waals surface area contributed by atoms with Gasteiger partial charge in [-0.15, -0.1) is 0 Å². The van der Waals surface area contributed by atoms with Gasteiger partial charge in [0.2, 0.25) is 0 Å². The number of halogens is 1. The summed E-state index contributed by atoms with van der Waals surface area (Å²) in [5.41, 5.74) is 0.877. The number of rotatable bonds is 4. The van der Waals surface area contributed by atoms with Crippen molar-refractivity contribution in [3.8, 4) is 5.69 Å². The zero-order valence-corrected chi connectivity index (χ0v) is 12.4. The predicted molar refractivity (Wildman–Crippen MR) is 86.0 cm³/mol. The molecule has 0 saturated carbocycles. The molecule has 2 atom stereocenters. The number of amides is 2. The van der Waals surface area contributed by atoms with Crippen LogP contribution in [0.5, 0.6) is 0 Å². The third kappa shape index (κ3) is 3.60. The molecule has 0 unspecified atom stereocenters. The van der Waals surface area contributed by atoms with E-state index in [2.05, 4.69) is 10.6 Å². The van der Waals surface area contributed by atoms with E-state index in [1.165, 1.54) is 6.07 Å². The molecule has 120 valence electrons. The molecule has 0 bridgehead atoms. The first-order valence-electron chi connectivity index (χ1n) is 7.45. The molecule has 6 heteroatoms. The molecule has 0 spiro atoms. The molecular formula is C17H18FN3O2. The van der Waals surface area contributed by atoms with Crippen molar-refractivity contribution in [1.82, 2.24) is 9.88 Å². The number of hydrogen-bond donors (Lipinski definition) is 3. The monoisotopic (exact) mass is 315 g/mol. The zero-order chi connectivity index (χ0) is 16.2. The Morgan fingerprint density at radius 3 is 2.78 bits per heavy atom. The lowest BCUT2D eigenvalue weighted by atomic mass is 10.1. The van der Waals surface area contributed by atoms with Crippen molar-refractivity contribution in [2.24, 2.45) is 5.92 Å². The molecule has 1 aliphatic carbocycles. The van der Waals surface area contributed by atoms with Crippen molar-refractivity contribution < 1.29 is 14.3 Å². The van der Waals surface area contributed by atoms with Crippen LogP contribution in [0.1, 0.15) is 6.42 Å². The SMILES string of the molecule is O=C(Nc1cc(-n2cccc2)ccc1F)N[C@@H]1C=C[C@H](CO)C1. The molecule has 3 rings (SSSR count). The van der Waals surface area contributed by atoms with Crippen molar-refractivity contribution >= 4 is 11.7 Å². The van der Waals surface area contributed by atoms with Gasteiger partial charge in [-0.25, -0.2) is 9.18 Å². The van der Waals surface area contributed by atoms with E-state index in [9.17, 15) is 9.18 Å². The molecule has 1 aromatic carbocycles. The molecule has 2 aromatic rings. The zero-order valence-electron chi connectivity index (χ0n) is 12.4. The van der Waals surface area contributed by atoms with Gasteiger partial charge in [0.15, 0.2) is 0 Å². The summed E-state index contributed by atoms with van der Waals surface area (Å²) in [4.78, 5) is 12.0. The van der Waals surface area contributed by atoms with Gasteiger partial charge in [-0.1, -0.05) is 12.2 Å². The van der Waals surface area contributed by atoms with Crippen LogP contribution in [-0.2, 0) is 0 Å². The third-order valence-corrected chi connectivity index (χ3v) is 3.82. The van der Waals surface area contributed by atoms with Gasteiger partial charge in [0.25, 0.3) is 0 Å². The second kappa shape index (κ2) is 6.66. The van der Waals surface area contributed by atoms with E-state index < -0.39 is 11.8 Å². The number of nitrogens with one attached hydrogen (secondary N) is 2. The van der Waals surface area contributed by atoms with Gasteiger partial charge in [-0.2, -0.15) is 0 Å². The summed E-state index contributed by atoms with van der Waals surface area (Å²) < 4.78 is 15.7. The Labute approximate surface area is 133 Å². The summed E-state index contributed by atoms with van der Waals surface area (Å²) in [6.07, 6.45) is 8.05. The van der Waals surface area contributed by atoms with Crippen molar-refractivity contribution in [1.29, 1.82) is 0 Å². The maximum Gasteiger partial charge on any atom is 0.319 e. The molecule has 3 N–H and O–H groups in total. The topological polar surface area (TPSA) is 66.3 Å². The summed E-state index contributed by atoms with van der Waals surface area (Å²) in [6, 6.07) is 7.66. The quantitative estimate of drug-likeness (QED) is 0.760. The van der Waals surface area contributed by atoms with Crippen molar-refractivity contribution in [3.05, 3.63) is 60.7 Å². The normalized spacial score (nSPS) is 19.7. The van der Waals surface area contributed by atoms with E-state index in [1.54, 1.807) is 12.1 Å². The van der Waals surface area contributed by atoms with Crippen LogP contribution in [0.2, 0.25) is 0 Å². The van der Waals surface area contributed by atoms with Gasteiger partial charge >= 0.3 is 6.03 Å². The predicted octanol–water partition coefficient (Wildman–Crippen LogP) is 2.67. The lowest BCUT2D eigenvalue weighted by Crippen LogP contribution is -2.36. The van der Waals surface area contributed by atoms with Gasteiger partial charge in [0.05, 0.1) is 5.69 Å². The highest BCUT2D eigenvalue weighted by Gasteiger charge is 2.20. The standard InChI is InChI=1S/C17H18FN3O2/c18-15-6-5-14(21-7-1-2-8-21)10-16(15)20-17(23)19-13-4-3-12(9-13)11-22/h1-8,10,12-13,22H,9,11H2,(H2,19,20,23)/t12-,13+/m0/s1. The number of aliphatic hydroxyl groups excluding tert-OH is 1. The average Bonchev–Trinajstić information content (AvgIpc) is 3.20. The highest BCUT2D eigenvalue weighted by molar-refractivity contribution is 5.90. The first-order chi connectivity index (χ1) is 11.2. The van der Waals surface area contributed by atoms with Gasteiger partial charge in [0, 0.05) is 36.6 Å². The second-order valence-electron chi connectivity index (χ2n) is 5.52.